The zero-order valence-electron chi connectivity index (χ0n) is 6.12. The van der Waals surface area contributed by atoms with Crippen LogP contribution in [-0.4, -0.2) is 7.11 Å². The van der Waals surface area contributed by atoms with Crippen LogP contribution in [0.4, 0.5) is 0 Å². The number of ether oxygens (including phenoxy) is 1. The van der Waals surface area contributed by atoms with Crippen molar-refractivity contribution in [3.63, 3.8) is 0 Å². The number of thiol groups is 1. The normalized spacial score (nSPS) is 13.0. The lowest BCUT2D eigenvalue weighted by atomic mass is 10.2. The summed E-state index contributed by atoms with van der Waals surface area (Å²) < 4.78 is 5.00. The Morgan fingerprint density at radius 2 is 2.09 bits per heavy atom. The molecule has 0 saturated carbocycles. The van der Waals surface area contributed by atoms with Crippen molar-refractivity contribution >= 4 is 24.2 Å². The quantitative estimate of drug-likeness (QED) is 0.555. The molecule has 0 heterocycles. The van der Waals surface area contributed by atoms with Crippen molar-refractivity contribution in [2.45, 2.75) is 5.44 Å². The molecular weight excluding hydrogens is 180 g/mol. The number of rotatable bonds is 2. The molecule has 60 valence electrons. The van der Waals surface area contributed by atoms with Gasteiger partial charge >= 0.3 is 0 Å². The van der Waals surface area contributed by atoms with E-state index >= 15 is 0 Å². The van der Waals surface area contributed by atoms with Crippen molar-refractivity contribution in [2.75, 3.05) is 7.11 Å². The van der Waals surface area contributed by atoms with Crippen LogP contribution in [0.5, 0.6) is 0 Å². The van der Waals surface area contributed by atoms with Crippen molar-refractivity contribution in [2.24, 2.45) is 0 Å². The van der Waals surface area contributed by atoms with Gasteiger partial charge in [0.2, 0.25) is 0 Å². The average molecular weight is 189 g/mol. The summed E-state index contributed by atoms with van der Waals surface area (Å²) in [7, 11) is 1.60. The lowest BCUT2D eigenvalue weighted by molar-refractivity contribution is 0.177. The Labute approximate surface area is 76.7 Å². The highest BCUT2D eigenvalue weighted by Crippen LogP contribution is 2.26. The third-order valence-electron chi connectivity index (χ3n) is 1.39. The zero-order valence-corrected chi connectivity index (χ0v) is 7.77. The first kappa shape index (κ1) is 8.91. The van der Waals surface area contributed by atoms with Gasteiger partial charge in [-0.3, -0.25) is 0 Å². The molecule has 3 heteroatoms. The van der Waals surface area contributed by atoms with Gasteiger partial charge in [0.15, 0.2) is 0 Å². The van der Waals surface area contributed by atoms with Gasteiger partial charge in [-0.1, -0.05) is 29.8 Å². The summed E-state index contributed by atoms with van der Waals surface area (Å²) in [5.74, 6) is 0. The lowest BCUT2D eigenvalue weighted by Gasteiger charge is -2.09. The van der Waals surface area contributed by atoms with E-state index in [9.17, 15) is 0 Å². The molecule has 1 aromatic carbocycles. The minimum Gasteiger partial charge on any atom is -0.366 e. The standard InChI is InChI=1S/C8H9ClOS/c1-10-8(11)6-4-2-3-5-7(6)9/h2-5,8,11H,1H3/t8-/m0/s1. The molecule has 0 bridgehead atoms. The summed E-state index contributed by atoms with van der Waals surface area (Å²) in [5.41, 5.74) is 0.670. The van der Waals surface area contributed by atoms with E-state index in [0.29, 0.717) is 5.02 Å². The second-order valence-corrected chi connectivity index (χ2v) is 2.99. The fraction of sp³-hybridized carbons (Fsp3) is 0.250. The van der Waals surface area contributed by atoms with Crippen LogP contribution in [0, 0.1) is 0 Å². The zero-order chi connectivity index (χ0) is 8.27. The van der Waals surface area contributed by atoms with Crippen molar-refractivity contribution in [1.29, 1.82) is 0 Å². The summed E-state index contributed by atoms with van der Waals surface area (Å²) in [6.45, 7) is 0. The maximum Gasteiger partial charge on any atom is 0.126 e. The molecule has 0 radical (unpaired) electrons. The fourth-order valence-corrected chi connectivity index (χ4v) is 1.34. The van der Waals surface area contributed by atoms with Gasteiger partial charge in [0, 0.05) is 17.7 Å². The molecule has 1 aromatic rings. The first-order chi connectivity index (χ1) is 5.25. The van der Waals surface area contributed by atoms with Crippen molar-refractivity contribution in [1.82, 2.24) is 0 Å². The Kier molecular flexibility index (Phi) is 3.24. The van der Waals surface area contributed by atoms with E-state index in [0.717, 1.165) is 5.56 Å². The van der Waals surface area contributed by atoms with Gasteiger partial charge in [-0.25, -0.2) is 0 Å². The van der Waals surface area contributed by atoms with E-state index in [4.69, 9.17) is 16.3 Å². The van der Waals surface area contributed by atoms with Gasteiger partial charge in [0.05, 0.1) is 0 Å². The highest BCUT2D eigenvalue weighted by molar-refractivity contribution is 7.80. The van der Waals surface area contributed by atoms with E-state index in [2.05, 4.69) is 12.6 Å². The molecule has 11 heavy (non-hydrogen) atoms. The molecule has 0 amide bonds. The SMILES string of the molecule is CO[C@@H](S)c1ccccc1Cl. The molecule has 0 saturated heterocycles. The largest absolute Gasteiger partial charge is 0.366 e. The smallest absolute Gasteiger partial charge is 0.126 e. The Bertz CT molecular complexity index is 239. The van der Waals surface area contributed by atoms with E-state index in [1.54, 1.807) is 7.11 Å². The molecule has 0 unspecified atom stereocenters. The van der Waals surface area contributed by atoms with Gasteiger partial charge in [-0.05, 0) is 6.07 Å². The fourth-order valence-electron chi connectivity index (χ4n) is 0.802. The molecule has 0 aliphatic heterocycles. The number of methoxy groups -OCH3 is 1. The van der Waals surface area contributed by atoms with Gasteiger partial charge in [-0.2, -0.15) is 0 Å². The second-order valence-electron chi connectivity index (χ2n) is 2.11. The Balaban J connectivity index is 2.93. The number of benzene rings is 1. The summed E-state index contributed by atoms with van der Waals surface area (Å²) in [6.07, 6.45) is 0. The van der Waals surface area contributed by atoms with Crippen LogP contribution in [0.25, 0.3) is 0 Å². The van der Waals surface area contributed by atoms with Gasteiger partial charge in [-0.15, -0.1) is 12.6 Å². The third-order valence-corrected chi connectivity index (χ3v) is 2.23. The first-order valence-electron chi connectivity index (χ1n) is 3.21. The van der Waals surface area contributed by atoms with Crippen LogP contribution in [0.15, 0.2) is 24.3 Å². The highest BCUT2D eigenvalue weighted by Gasteiger charge is 2.06. The predicted molar refractivity (Wildman–Crippen MR) is 50.2 cm³/mol. The molecule has 0 aliphatic carbocycles. The van der Waals surface area contributed by atoms with Crippen LogP contribution >= 0.6 is 24.2 Å². The first-order valence-corrected chi connectivity index (χ1v) is 4.10. The van der Waals surface area contributed by atoms with E-state index in [1.165, 1.54) is 0 Å². The maximum absolute atomic E-state index is 5.87. The van der Waals surface area contributed by atoms with E-state index in [-0.39, 0.29) is 5.44 Å². The monoisotopic (exact) mass is 188 g/mol. The Hall–Kier alpha value is -0.180. The molecule has 1 atom stereocenters. The molecule has 1 nitrogen and oxygen atoms in total. The molecule has 0 spiro atoms. The summed E-state index contributed by atoms with van der Waals surface area (Å²) in [6, 6.07) is 7.49. The van der Waals surface area contributed by atoms with Crippen LogP contribution in [0.3, 0.4) is 0 Å². The Morgan fingerprint density at radius 1 is 1.45 bits per heavy atom. The molecular formula is C8H9ClOS. The predicted octanol–water partition coefficient (Wildman–Crippen LogP) is 2.91. The number of hydrogen-bond donors (Lipinski definition) is 1. The summed E-state index contributed by atoms with van der Waals surface area (Å²) in [5, 5.41) is 0.689. The van der Waals surface area contributed by atoms with Crippen molar-refractivity contribution < 1.29 is 4.74 Å². The summed E-state index contributed by atoms with van der Waals surface area (Å²) >= 11 is 10.1. The van der Waals surface area contributed by atoms with Gasteiger partial charge < -0.3 is 4.74 Å². The summed E-state index contributed by atoms with van der Waals surface area (Å²) in [4.78, 5) is 0. The molecule has 0 N–H and O–H groups in total. The second kappa shape index (κ2) is 4.00. The van der Waals surface area contributed by atoms with E-state index < -0.39 is 0 Å². The number of halogens is 1. The van der Waals surface area contributed by atoms with Crippen LogP contribution in [0.1, 0.15) is 11.0 Å². The average Bonchev–Trinajstić information content (AvgIpc) is 2.04. The van der Waals surface area contributed by atoms with Gasteiger partial charge in [0.1, 0.15) is 5.44 Å². The molecule has 0 aromatic heterocycles. The third kappa shape index (κ3) is 2.12. The maximum atomic E-state index is 5.87. The minimum absolute atomic E-state index is 0.233. The molecule has 0 aliphatic rings. The van der Waals surface area contributed by atoms with Crippen molar-refractivity contribution in [3.05, 3.63) is 34.9 Å². The lowest BCUT2D eigenvalue weighted by Crippen LogP contribution is -1.92. The number of hydrogen-bond acceptors (Lipinski definition) is 2. The van der Waals surface area contributed by atoms with Crippen LogP contribution < -0.4 is 0 Å². The van der Waals surface area contributed by atoms with Crippen LogP contribution in [-0.2, 0) is 4.74 Å². The molecule has 0 fully saturated rings. The minimum atomic E-state index is -0.233. The van der Waals surface area contributed by atoms with Crippen molar-refractivity contribution in [3.8, 4) is 0 Å². The topological polar surface area (TPSA) is 9.23 Å². The molecule has 1 rings (SSSR count). The van der Waals surface area contributed by atoms with Crippen LogP contribution in [0.2, 0.25) is 5.02 Å². The Morgan fingerprint density at radius 3 is 2.64 bits per heavy atom. The highest BCUT2D eigenvalue weighted by atomic mass is 35.5. The van der Waals surface area contributed by atoms with E-state index in [1.807, 2.05) is 24.3 Å². The van der Waals surface area contributed by atoms with Gasteiger partial charge in [0.25, 0.3) is 0 Å².